The van der Waals surface area contributed by atoms with Crippen molar-refractivity contribution < 1.29 is 0 Å². The van der Waals surface area contributed by atoms with Gasteiger partial charge in [-0.3, -0.25) is 0 Å². The third-order valence-electron chi connectivity index (χ3n) is 8.75. The molecule has 2 heterocycles. The molecule has 1 N–H and O–H groups in total. The Morgan fingerprint density at radius 1 is 0.564 bits per heavy atom. The van der Waals surface area contributed by atoms with Gasteiger partial charge in [0.25, 0.3) is 0 Å². The van der Waals surface area contributed by atoms with Crippen LogP contribution in [0.25, 0.3) is 21.8 Å². The lowest BCUT2D eigenvalue weighted by molar-refractivity contribution is 0.616. The summed E-state index contributed by atoms with van der Waals surface area (Å²) in [6, 6.07) is 50.9. The lowest BCUT2D eigenvalue weighted by atomic mass is 9.60. The van der Waals surface area contributed by atoms with Crippen LogP contribution in [0.5, 0.6) is 0 Å². The molecule has 0 amide bonds. The maximum absolute atomic E-state index is 4.00. The quantitative estimate of drug-likeness (QED) is 0.251. The minimum Gasteiger partial charge on any atom is -0.357 e. The van der Waals surface area contributed by atoms with Gasteiger partial charge in [0.15, 0.2) is 0 Å². The fourth-order valence-corrected chi connectivity index (χ4v) is 7.27. The second kappa shape index (κ2) is 8.34. The summed E-state index contributed by atoms with van der Waals surface area (Å²) in [4.78, 5) is 4.00. The molecule has 1 aliphatic carbocycles. The van der Waals surface area contributed by atoms with Crippen molar-refractivity contribution >= 4 is 21.8 Å². The molecule has 5 aromatic carbocycles. The van der Waals surface area contributed by atoms with Gasteiger partial charge in [-0.2, -0.15) is 0 Å². The Kier molecular flexibility index (Phi) is 4.75. The van der Waals surface area contributed by atoms with Crippen LogP contribution in [-0.2, 0) is 12.5 Å². The first-order valence-electron chi connectivity index (χ1n) is 13.6. The van der Waals surface area contributed by atoms with Crippen molar-refractivity contribution in [3.63, 3.8) is 0 Å². The highest BCUT2D eigenvalue weighted by atomic mass is 15.0. The highest BCUT2D eigenvalue weighted by Crippen LogP contribution is 2.58. The first-order valence-corrected chi connectivity index (χ1v) is 13.6. The van der Waals surface area contributed by atoms with Crippen LogP contribution in [0.1, 0.15) is 45.1 Å². The molecule has 2 nitrogen and oxygen atoms in total. The summed E-state index contributed by atoms with van der Waals surface area (Å²) in [6.07, 6.45) is 0. The molecule has 39 heavy (non-hydrogen) atoms. The molecule has 0 saturated carbocycles. The van der Waals surface area contributed by atoms with Crippen LogP contribution in [0.3, 0.4) is 0 Å². The van der Waals surface area contributed by atoms with Crippen LogP contribution in [0.2, 0.25) is 0 Å². The zero-order valence-electron chi connectivity index (χ0n) is 21.8. The average molecular weight is 501 g/mol. The standard InChI is InChI=1S/C37H28N2/c1-39-31-24-14-12-22-29(31)34-32(25-15-5-2-6-16-25)33-28-21-11-13-23-30(28)38-35(33)37(36(34)39,26-17-7-3-8-18-26)27-19-9-4-10-20-27/h2-24,32,38H,1H3/t32-/m1/s1. The number of aromatic nitrogens is 2. The predicted octanol–water partition coefficient (Wildman–Crippen LogP) is 8.54. The van der Waals surface area contributed by atoms with E-state index in [0.29, 0.717) is 0 Å². The lowest BCUT2D eigenvalue weighted by Gasteiger charge is -2.42. The van der Waals surface area contributed by atoms with Crippen molar-refractivity contribution in [2.75, 3.05) is 0 Å². The van der Waals surface area contributed by atoms with Gasteiger partial charge in [-0.1, -0.05) is 127 Å². The minimum atomic E-state index is -0.523. The monoisotopic (exact) mass is 500 g/mol. The van der Waals surface area contributed by atoms with Gasteiger partial charge in [-0.15, -0.1) is 0 Å². The summed E-state index contributed by atoms with van der Waals surface area (Å²) in [5.74, 6) is 0.0963. The average Bonchev–Trinajstić information content (AvgIpc) is 3.54. The molecule has 0 fully saturated rings. The number of aromatic amines is 1. The van der Waals surface area contributed by atoms with Gasteiger partial charge < -0.3 is 9.55 Å². The maximum Gasteiger partial charge on any atom is 0.101 e. The van der Waals surface area contributed by atoms with E-state index in [4.69, 9.17) is 0 Å². The van der Waals surface area contributed by atoms with Crippen molar-refractivity contribution in [1.82, 2.24) is 9.55 Å². The fourth-order valence-electron chi connectivity index (χ4n) is 7.27. The SMILES string of the molecule is Cn1c2c(c3ccccc31)[C@H](c1ccccc1)c1c([nH]c3ccccc13)C2(c1ccccc1)c1ccccc1. The van der Waals surface area contributed by atoms with Crippen molar-refractivity contribution in [3.8, 4) is 0 Å². The van der Waals surface area contributed by atoms with Gasteiger partial charge in [0.2, 0.25) is 0 Å². The van der Waals surface area contributed by atoms with E-state index in [1.807, 2.05) is 0 Å². The van der Waals surface area contributed by atoms with Gasteiger partial charge in [0, 0.05) is 46.2 Å². The number of rotatable bonds is 3. The van der Waals surface area contributed by atoms with E-state index >= 15 is 0 Å². The number of para-hydroxylation sites is 2. The van der Waals surface area contributed by atoms with Crippen LogP contribution in [0.4, 0.5) is 0 Å². The Hall–Kier alpha value is -4.82. The Morgan fingerprint density at radius 3 is 1.77 bits per heavy atom. The van der Waals surface area contributed by atoms with Gasteiger partial charge in [0.05, 0.1) is 0 Å². The summed E-state index contributed by atoms with van der Waals surface area (Å²) in [5, 5.41) is 2.60. The predicted molar refractivity (Wildman–Crippen MR) is 160 cm³/mol. The van der Waals surface area contributed by atoms with Gasteiger partial charge >= 0.3 is 0 Å². The van der Waals surface area contributed by atoms with Crippen LogP contribution >= 0.6 is 0 Å². The molecule has 2 heteroatoms. The van der Waals surface area contributed by atoms with Crippen LogP contribution in [0, 0.1) is 0 Å². The minimum absolute atomic E-state index is 0.0963. The second-order valence-electron chi connectivity index (χ2n) is 10.6. The molecule has 0 radical (unpaired) electrons. The van der Waals surface area contributed by atoms with Crippen molar-refractivity contribution in [2.24, 2.45) is 7.05 Å². The van der Waals surface area contributed by atoms with Crippen LogP contribution in [-0.4, -0.2) is 9.55 Å². The first kappa shape index (κ1) is 22.2. The largest absolute Gasteiger partial charge is 0.357 e. The molecule has 0 aliphatic heterocycles. The van der Waals surface area contributed by atoms with Gasteiger partial charge in [0.1, 0.15) is 5.41 Å². The smallest absolute Gasteiger partial charge is 0.101 e. The topological polar surface area (TPSA) is 20.7 Å². The number of fused-ring (bicyclic) bond motifs is 6. The molecule has 8 rings (SSSR count). The summed E-state index contributed by atoms with van der Waals surface area (Å²) in [5.41, 5.74) is 11.1. The molecule has 186 valence electrons. The molecule has 0 unspecified atom stereocenters. The highest BCUT2D eigenvalue weighted by molar-refractivity contribution is 5.95. The van der Waals surface area contributed by atoms with E-state index in [-0.39, 0.29) is 5.92 Å². The van der Waals surface area contributed by atoms with Crippen molar-refractivity contribution in [1.29, 1.82) is 0 Å². The van der Waals surface area contributed by atoms with E-state index < -0.39 is 5.41 Å². The number of aryl methyl sites for hydroxylation is 1. The molecule has 2 aromatic heterocycles. The highest BCUT2D eigenvalue weighted by Gasteiger charge is 2.51. The van der Waals surface area contributed by atoms with Gasteiger partial charge in [-0.25, -0.2) is 0 Å². The molecule has 7 aromatic rings. The first-order chi connectivity index (χ1) is 19.3. The van der Waals surface area contributed by atoms with E-state index in [0.717, 1.165) is 0 Å². The summed E-state index contributed by atoms with van der Waals surface area (Å²) < 4.78 is 2.45. The molecule has 0 bridgehead atoms. The van der Waals surface area contributed by atoms with Crippen LogP contribution in [0.15, 0.2) is 140 Å². The molecular weight excluding hydrogens is 472 g/mol. The number of nitrogens with zero attached hydrogens (tertiary/aromatic N) is 1. The van der Waals surface area contributed by atoms with Crippen molar-refractivity contribution in [3.05, 3.63) is 179 Å². The molecule has 0 saturated heterocycles. The number of nitrogens with one attached hydrogen (secondary N) is 1. The number of H-pyrrole nitrogens is 1. The Morgan fingerprint density at radius 2 is 1.10 bits per heavy atom. The normalized spacial score (nSPS) is 15.8. The summed E-state index contributed by atoms with van der Waals surface area (Å²) >= 11 is 0. The Labute approximate surface area is 228 Å². The molecule has 1 atom stereocenters. The summed E-state index contributed by atoms with van der Waals surface area (Å²) in [7, 11) is 2.25. The zero-order valence-corrected chi connectivity index (χ0v) is 21.8. The fraction of sp³-hybridized carbons (Fsp3) is 0.0811. The van der Waals surface area contributed by atoms with E-state index in [9.17, 15) is 0 Å². The van der Waals surface area contributed by atoms with E-state index in [1.54, 1.807) is 0 Å². The summed E-state index contributed by atoms with van der Waals surface area (Å²) in [6.45, 7) is 0. The van der Waals surface area contributed by atoms with Crippen molar-refractivity contribution in [2.45, 2.75) is 11.3 Å². The molecule has 0 spiro atoms. The van der Waals surface area contributed by atoms with E-state index in [2.05, 4.69) is 156 Å². The number of hydrogen-bond acceptors (Lipinski definition) is 0. The van der Waals surface area contributed by atoms with E-state index in [1.165, 1.54) is 61.0 Å². The van der Waals surface area contributed by atoms with Crippen LogP contribution < -0.4 is 0 Å². The lowest BCUT2D eigenvalue weighted by Crippen LogP contribution is -2.39. The third kappa shape index (κ3) is 2.92. The Bertz CT molecular complexity index is 1920. The Balaban J connectivity index is 1.66. The second-order valence-corrected chi connectivity index (χ2v) is 10.6. The third-order valence-corrected chi connectivity index (χ3v) is 8.75. The number of hydrogen-bond donors (Lipinski definition) is 1. The maximum atomic E-state index is 4.00. The molecule has 1 aliphatic rings. The number of benzene rings is 5. The zero-order chi connectivity index (χ0) is 26.0. The van der Waals surface area contributed by atoms with Gasteiger partial charge in [-0.05, 0) is 39.9 Å². The molecular formula is C37H28N2.